The number of halogens is 2. The van der Waals surface area contributed by atoms with Gasteiger partial charge in [0.1, 0.15) is 5.75 Å². The highest BCUT2D eigenvalue weighted by Crippen LogP contribution is 2.31. The molecule has 0 N–H and O–H groups in total. The van der Waals surface area contributed by atoms with Gasteiger partial charge in [-0.25, -0.2) is 4.79 Å². The third kappa shape index (κ3) is 4.56. The molecule has 0 spiro atoms. The lowest BCUT2D eigenvalue weighted by molar-refractivity contribution is -0.149. The Morgan fingerprint density at radius 1 is 1.17 bits per heavy atom. The summed E-state index contributed by atoms with van der Waals surface area (Å²) in [7, 11) is 0. The van der Waals surface area contributed by atoms with Crippen molar-refractivity contribution in [3.8, 4) is 5.75 Å². The van der Waals surface area contributed by atoms with Crippen molar-refractivity contribution >= 4 is 29.2 Å². The van der Waals surface area contributed by atoms with Crippen molar-refractivity contribution in [1.29, 1.82) is 0 Å². The van der Waals surface area contributed by atoms with Gasteiger partial charge in [0.15, 0.2) is 6.61 Å². The summed E-state index contributed by atoms with van der Waals surface area (Å²) in [4.78, 5) is 14.5. The molecule has 132 valence electrons. The Kier molecular flexibility index (Phi) is 6.25. The molecule has 2 aliphatic rings. The second-order valence-electron chi connectivity index (χ2n) is 6.55. The van der Waals surface area contributed by atoms with E-state index in [-0.39, 0.29) is 12.6 Å². The minimum Gasteiger partial charge on any atom is -0.480 e. The van der Waals surface area contributed by atoms with Crippen LogP contribution in [0.2, 0.25) is 10.0 Å². The molecule has 2 atom stereocenters. The summed E-state index contributed by atoms with van der Waals surface area (Å²) in [6.45, 7) is 2.72. The zero-order valence-electron chi connectivity index (χ0n) is 13.7. The van der Waals surface area contributed by atoms with E-state index in [0.717, 1.165) is 6.42 Å². The van der Waals surface area contributed by atoms with Gasteiger partial charge < -0.3 is 9.47 Å². The van der Waals surface area contributed by atoms with Gasteiger partial charge in [-0.15, -0.1) is 0 Å². The summed E-state index contributed by atoms with van der Waals surface area (Å²) in [6, 6.07) is 5.49. The number of rotatable bonds is 5. The molecule has 24 heavy (non-hydrogen) atoms. The first kappa shape index (κ1) is 17.8. The molecular weight excluding hydrogens is 349 g/mol. The van der Waals surface area contributed by atoms with Crippen LogP contribution in [-0.2, 0) is 9.53 Å². The first-order chi connectivity index (χ1) is 11.6. The van der Waals surface area contributed by atoms with Gasteiger partial charge in [0.2, 0.25) is 0 Å². The summed E-state index contributed by atoms with van der Waals surface area (Å²) >= 11 is 11.9. The predicted molar refractivity (Wildman–Crippen MR) is 94.9 cm³/mol. The molecule has 1 aromatic rings. The highest BCUT2D eigenvalue weighted by atomic mass is 35.5. The van der Waals surface area contributed by atoms with Crippen LogP contribution in [0.15, 0.2) is 18.2 Å². The standard InChI is InChI=1S/C18H23Cl2NO3/c19-14-6-7-17(15(20)10-14)23-12-18(22)24-11-13-4-3-9-21-8-2-1-5-16(13)21/h6-7,10,13,16H,1-5,8-9,11-12H2. The minimum atomic E-state index is -0.353. The lowest BCUT2D eigenvalue weighted by Crippen LogP contribution is -2.49. The van der Waals surface area contributed by atoms with Gasteiger partial charge >= 0.3 is 5.97 Å². The number of fused-ring (bicyclic) bond motifs is 1. The molecule has 0 bridgehead atoms. The highest BCUT2D eigenvalue weighted by molar-refractivity contribution is 6.35. The predicted octanol–water partition coefficient (Wildman–Crippen LogP) is 4.18. The minimum absolute atomic E-state index is 0.136. The molecule has 0 saturated carbocycles. The quantitative estimate of drug-likeness (QED) is 0.727. The molecule has 4 nitrogen and oxygen atoms in total. The van der Waals surface area contributed by atoms with Gasteiger partial charge in [0, 0.05) is 17.0 Å². The molecule has 2 unspecified atom stereocenters. The Balaban J connectivity index is 1.45. The second kappa shape index (κ2) is 8.41. The van der Waals surface area contributed by atoms with Crippen LogP contribution in [0.4, 0.5) is 0 Å². The monoisotopic (exact) mass is 371 g/mol. The van der Waals surface area contributed by atoms with Gasteiger partial charge in [0.25, 0.3) is 0 Å². The van der Waals surface area contributed by atoms with Crippen LogP contribution in [0, 0.1) is 5.92 Å². The van der Waals surface area contributed by atoms with E-state index < -0.39 is 0 Å². The molecule has 6 heteroatoms. The number of ether oxygens (including phenoxy) is 2. The molecule has 2 heterocycles. The van der Waals surface area contributed by atoms with E-state index in [0.29, 0.717) is 34.4 Å². The van der Waals surface area contributed by atoms with Crippen LogP contribution < -0.4 is 4.74 Å². The average Bonchev–Trinajstić information content (AvgIpc) is 2.59. The van der Waals surface area contributed by atoms with Crippen molar-refractivity contribution in [2.75, 3.05) is 26.3 Å². The van der Waals surface area contributed by atoms with E-state index in [1.165, 1.54) is 38.8 Å². The Morgan fingerprint density at radius 2 is 2.00 bits per heavy atom. The molecule has 0 radical (unpaired) electrons. The van der Waals surface area contributed by atoms with E-state index >= 15 is 0 Å². The number of carbonyl (C=O) groups is 1. The summed E-state index contributed by atoms with van der Waals surface area (Å²) in [5.41, 5.74) is 0. The topological polar surface area (TPSA) is 38.8 Å². The number of nitrogens with zero attached hydrogens (tertiary/aromatic N) is 1. The third-order valence-electron chi connectivity index (χ3n) is 4.93. The lowest BCUT2D eigenvalue weighted by Gasteiger charge is -2.44. The van der Waals surface area contributed by atoms with Crippen molar-refractivity contribution in [1.82, 2.24) is 4.90 Å². The normalized spacial score (nSPS) is 24.2. The van der Waals surface area contributed by atoms with Crippen LogP contribution in [-0.4, -0.2) is 43.2 Å². The number of carbonyl (C=O) groups excluding carboxylic acids is 1. The van der Waals surface area contributed by atoms with E-state index in [1.807, 2.05) is 0 Å². The Morgan fingerprint density at radius 3 is 2.83 bits per heavy atom. The maximum Gasteiger partial charge on any atom is 0.344 e. The Labute approximate surface area is 153 Å². The van der Waals surface area contributed by atoms with Crippen molar-refractivity contribution in [3.63, 3.8) is 0 Å². The highest BCUT2D eigenvalue weighted by Gasteiger charge is 2.33. The molecule has 1 aromatic carbocycles. The van der Waals surface area contributed by atoms with E-state index in [2.05, 4.69) is 4.90 Å². The number of hydrogen-bond acceptors (Lipinski definition) is 4. The fourth-order valence-corrected chi connectivity index (χ4v) is 4.21. The van der Waals surface area contributed by atoms with Crippen LogP contribution in [0.1, 0.15) is 32.1 Å². The summed E-state index contributed by atoms with van der Waals surface area (Å²) < 4.78 is 10.9. The summed E-state index contributed by atoms with van der Waals surface area (Å²) in [5, 5.41) is 0.921. The molecular formula is C18H23Cl2NO3. The van der Waals surface area contributed by atoms with E-state index in [9.17, 15) is 4.79 Å². The van der Waals surface area contributed by atoms with Crippen LogP contribution in [0.3, 0.4) is 0 Å². The SMILES string of the molecule is O=C(COc1ccc(Cl)cc1Cl)OCC1CCCN2CCCCC12. The van der Waals surface area contributed by atoms with Gasteiger partial charge in [-0.1, -0.05) is 29.6 Å². The van der Waals surface area contributed by atoms with Crippen LogP contribution in [0.5, 0.6) is 5.75 Å². The van der Waals surface area contributed by atoms with Crippen molar-refractivity contribution < 1.29 is 14.3 Å². The molecule has 0 aliphatic carbocycles. The lowest BCUT2D eigenvalue weighted by atomic mass is 9.84. The molecule has 3 rings (SSSR count). The maximum absolute atomic E-state index is 12.0. The average molecular weight is 372 g/mol. The molecule has 2 saturated heterocycles. The first-order valence-corrected chi connectivity index (χ1v) is 9.36. The third-order valence-corrected chi connectivity index (χ3v) is 5.46. The zero-order valence-corrected chi connectivity index (χ0v) is 15.2. The zero-order chi connectivity index (χ0) is 16.9. The molecule has 0 amide bonds. The summed E-state index contributed by atoms with van der Waals surface area (Å²) in [6.07, 6.45) is 6.12. The fourth-order valence-electron chi connectivity index (χ4n) is 3.74. The number of benzene rings is 1. The number of hydrogen-bond donors (Lipinski definition) is 0. The van der Waals surface area contributed by atoms with Crippen molar-refractivity contribution in [2.24, 2.45) is 5.92 Å². The van der Waals surface area contributed by atoms with E-state index in [1.54, 1.807) is 18.2 Å². The largest absolute Gasteiger partial charge is 0.480 e. The fraction of sp³-hybridized carbons (Fsp3) is 0.611. The number of esters is 1. The van der Waals surface area contributed by atoms with Gasteiger partial charge in [0.05, 0.1) is 11.6 Å². The van der Waals surface area contributed by atoms with Crippen molar-refractivity contribution in [3.05, 3.63) is 28.2 Å². The maximum atomic E-state index is 12.0. The Hall–Kier alpha value is -0.970. The van der Waals surface area contributed by atoms with Crippen LogP contribution in [0.25, 0.3) is 0 Å². The summed E-state index contributed by atoms with van der Waals surface area (Å²) in [5.74, 6) is 0.533. The van der Waals surface area contributed by atoms with Gasteiger partial charge in [-0.05, 0) is 57.0 Å². The van der Waals surface area contributed by atoms with Crippen molar-refractivity contribution in [2.45, 2.75) is 38.1 Å². The number of piperidine rings is 2. The molecule has 2 aliphatic heterocycles. The smallest absolute Gasteiger partial charge is 0.344 e. The molecule has 0 aromatic heterocycles. The second-order valence-corrected chi connectivity index (χ2v) is 7.39. The van der Waals surface area contributed by atoms with E-state index in [4.69, 9.17) is 32.7 Å². The van der Waals surface area contributed by atoms with Crippen LogP contribution >= 0.6 is 23.2 Å². The van der Waals surface area contributed by atoms with Gasteiger partial charge in [-0.3, -0.25) is 4.90 Å². The first-order valence-electron chi connectivity index (χ1n) is 8.61. The molecule has 2 fully saturated rings. The Bertz CT molecular complexity index is 579. The van der Waals surface area contributed by atoms with Gasteiger partial charge in [-0.2, -0.15) is 0 Å².